The lowest BCUT2D eigenvalue weighted by Gasteiger charge is -2.36. The van der Waals surface area contributed by atoms with Crippen molar-refractivity contribution < 1.29 is 0 Å². The fourth-order valence-corrected chi connectivity index (χ4v) is 4.58. The zero-order valence-corrected chi connectivity index (χ0v) is 19.0. The molecule has 0 N–H and O–H groups in total. The number of alkyl halides is 1. The predicted octanol–water partition coefficient (Wildman–Crippen LogP) is 7.74. The molecule has 2 unspecified atom stereocenters. The van der Waals surface area contributed by atoms with Crippen molar-refractivity contribution in [2.45, 2.75) is 64.2 Å². The van der Waals surface area contributed by atoms with Gasteiger partial charge in [0.25, 0.3) is 0 Å². The van der Waals surface area contributed by atoms with Crippen LogP contribution in [0.25, 0.3) is 0 Å². The van der Waals surface area contributed by atoms with Crippen molar-refractivity contribution >= 4 is 11.6 Å². The molecule has 0 fully saturated rings. The van der Waals surface area contributed by atoms with Crippen LogP contribution in [0.4, 0.5) is 0 Å². The third-order valence-corrected chi connectivity index (χ3v) is 6.85. The summed E-state index contributed by atoms with van der Waals surface area (Å²) in [7, 11) is 0. The normalized spacial score (nSPS) is 14.4. The van der Waals surface area contributed by atoms with Gasteiger partial charge in [-0.1, -0.05) is 96.4 Å². The Kier molecular flexibility index (Phi) is 7.19. The summed E-state index contributed by atoms with van der Waals surface area (Å²) in [5.41, 5.74) is 7.99. The maximum Gasteiger partial charge on any atom is 0.0433 e. The fourth-order valence-electron chi connectivity index (χ4n) is 4.23. The van der Waals surface area contributed by atoms with Crippen LogP contribution in [0.1, 0.15) is 53.1 Å². The molecule has 0 nitrogen and oxygen atoms in total. The van der Waals surface area contributed by atoms with E-state index in [1.54, 1.807) is 0 Å². The van der Waals surface area contributed by atoms with Crippen molar-refractivity contribution in [3.63, 3.8) is 0 Å². The molecule has 0 saturated carbocycles. The molecule has 0 aliphatic rings. The molecule has 1 heteroatoms. The molecule has 0 saturated heterocycles. The second kappa shape index (κ2) is 9.63. The van der Waals surface area contributed by atoms with Crippen molar-refractivity contribution in [2.24, 2.45) is 0 Å². The lowest BCUT2D eigenvalue weighted by molar-refractivity contribution is 0.396. The molecule has 0 aliphatic carbocycles. The number of hydrogen-bond acceptors (Lipinski definition) is 0. The van der Waals surface area contributed by atoms with Crippen LogP contribution in [0.15, 0.2) is 72.8 Å². The molecule has 0 aromatic heterocycles. The third-order valence-electron chi connectivity index (χ3n) is 6.15. The van der Waals surface area contributed by atoms with Crippen LogP contribution < -0.4 is 0 Å². The van der Waals surface area contributed by atoms with E-state index in [1.165, 1.54) is 33.4 Å². The molecule has 3 rings (SSSR count). The minimum absolute atomic E-state index is 0.0683. The monoisotopic (exact) mass is 404 g/mol. The molecule has 0 aliphatic heterocycles. The van der Waals surface area contributed by atoms with Crippen LogP contribution in [0, 0.1) is 20.8 Å². The van der Waals surface area contributed by atoms with Crippen molar-refractivity contribution in [1.82, 2.24) is 0 Å². The molecule has 3 aromatic carbocycles. The molecule has 0 spiro atoms. The van der Waals surface area contributed by atoms with Gasteiger partial charge < -0.3 is 0 Å². The SMILES string of the molecule is Cc1cccc(CCC(Cl)C(C)(CCc2cccc(C)c2)c2cccc(C)c2)c1. The van der Waals surface area contributed by atoms with E-state index in [-0.39, 0.29) is 10.8 Å². The molecule has 0 radical (unpaired) electrons. The Hall–Kier alpha value is -2.05. The zero-order valence-electron chi connectivity index (χ0n) is 18.2. The lowest BCUT2D eigenvalue weighted by Crippen LogP contribution is -2.34. The van der Waals surface area contributed by atoms with E-state index >= 15 is 0 Å². The van der Waals surface area contributed by atoms with Crippen molar-refractivity contribution in [2.75, 3.05) is 0 Å². The Labute approximate surface area is 181 Å². The van der Waals surface area contributed by atoms with Crippen molar-refractivity contribution in [3.8, 4) is 0 Å². The molecular weight excluding hydrogens is 372 g/mol. The van der Waals surface area contributed by atoms with Gasteiger partial charge in [-0.2, -0.15) is 0 Å². The molecule has 3 aromatic rings. The zero-order chi connectivity index (χ0) is 20.9. The minimum Gasteiger partial charge on any atom is -0.122 e. The molecule has 0 heterocycles. The molecule has 0 amide bonds. The van der Waals surface area contributed by atoms with Gasteiger partial charge in [0.2, 0.25) is 0 Å². The smallest absolute Gasteiger partial charge is 0.0433 e. The largest absolute Gasteiger partial charge is 0.122 e. The molecule has 2 atom stereocenters. The maximum atomic E-state index is 7.16. The van der Waals surface area contributed by atoms with Crippen LogP contribution in [0.2, 0.25) is 0 Å². The number of rotatable bonds is 8. The lowest BCUT2D eigenvalue weighted by atomic mass is 9.73. The highest BCUT2D eigenvalue weighted by Crippen LogP contribution is 2.38. The van der Waals surface area contributed by atoms with Gasteiger partial charge in [0, 0.05) is 10.8 Å². The molecule has 0 bridgehead atoms. The first-order chi connectivity index (χ1) is 13.9. The van der Waals surface area contributed by atoms with E-state index in [4.69, 9.17) is 11.6 Å². The van der Waals surface area contributed by atoms with Gasteiger partial charge in [0.05, 0.1) is 0 Å². The predicted molar refractivity (Wildman–Crippen MR) is 127 cm³/mol. The standard InChI is InChI=1S/C28H33Cl/c1-21-8-5-11-24(18-21)14-15-27(29)28(4,26-13-7-10-23(3)20-26)17-16-25-12-6-9-22(2)19-25/h5-13,18-20,27H,14-17H2,1-4H3. The van der Waals surface area contributed by atoms with Crippen LogP contribution in [-0.4, -0.2) is 5.38 Å². The van der Waals surface area contributed by atoms with Crippen LogP contribution in [0.3, 0.4) is 0 Å². The van der Waals surface area contributed by atoms with E-state index in [0.717, 1.165) is 25.7 Å². The first-order valence-corrected chi connectivity index (χ1v) is 11.1. The van der Waals surface area contributed by atoms with Gasteiger partial charge in [-0.15, -0.1) is 11.6 Å². The van der Waals surface area contributed by atoms with E-state index in [2.05, 4.69) is 100 Å². The summed E-state index contributed by atoms with van der Waals surface area (Å²) < 4.78 is 0. The van der Waals surface area contributed by atoms with Gasteiger partial charge in [-0.25, -0.2) is 0 Å². The average molecular weight is 405 g/mol. The Balaban J connectivity index is 1.81. The van der Waals surface area contributed by atoms with E-state index in [0.29, 0.717) is 0 Å². The summed E-state index contributed by atoms with van der Waals surface area (Å²) in [6.45, 7) is 8.84. The van der Waals surface area contributed by atoms with Crippen LogP contribution in [-0.2, 0) is 18.3 Å². The second-order valence-corrected chi connectivity index (χ2v) is 9.30. The number of benzene rings is 3. The van der Waals surface area contributed by atoms with Crippen molar-refractivity contribution in [1.29, 1.82) is 0 Å². The third kappa shape index (κ3) is 5.73. The summed E-state index contributed by atoms with van der Waals surface area (Å²) in [4.78, 5) is 0. The Morgan fingerprint density at radius 2 is 1.24 bits per heavy atom. The maximum absolute atomic E-state index is 7.16. The highest BCUT2D eigenvalue weighted by molar-refractivity contribution is 6.21. The Morgan fingerprint density at radius 1 is 0.724 bits per heavy atom. The van der Waals surface area contributed by atoms with Gasteiger partial charge in [-0.3, -0.25) is 0 Å². The van der Waals surface area contributed by atoms with Gasteiger partial charge >= 0.3 is 0 Å². The quantitative estimate of drug-likeness (QED) is 0.337. The first-order valence-electron chi connectivity index (χ1n) is 10.7. The van der Waals surface area contributed by atoms with E-state index < -0.39 is 0 Å². The van der Waals surface area contributed by atoms with E-state index in [9.17, 15) is 0 Å². The van der Waals surface area contributed by atoms with E-state index in [1.807, 2.05) is 0 Å². The first kappa shape index (κ1) is 21.7. The second-order valence-electron chi connectivity index (χ2n) is 8.77. The van der Waals surface area contributed by atoms with Crippen LogP contribution >= 0.6 is 11.6 Å². The van der Waals surface area contributed by atoms with Crippen LogP contribution in [0.5, 0.6) is 0 Å². The van der Waals surface area contributed by atoms with Gasteiger partial charge in [-0.05, 0) is 63.1 Å². The summed E-state index contributed by atoms with van der Waals surface area (Å²) in [5, 5.41) is 0.0784. The summed E-state index contributed by atoms with van der Waals surface area (Å²) >= 11 is 7.16. The fraction of sp³-hybridized carbons (Fsp3) is 0.357. The summed E-state index contributed by atoms with van der Waals surface area (Å²) in [6, 6.07) is 26.6. The molecular formula is C28H33Cl. The number of aryl methyl sites for hydroxylation is 5. The topological polar surface area (TPSA) is 0 Å². The molecule has 29 heavy (non-hydrogen) atoms. The number of hydrogen-bond donors (Lipinski definition) is 0. The average Bonchev–Trinajstić information content (AvgIpc) is 2.70. The highest BCUT2D eigenvalue weighted by Gasteiger charge is 2.34. The van der Waals surface area contributed by atoms with Crippen molar-refractivity contribution in [3.05, 3.63) is 106 Å². The Morgan fingerprint density at radius 3 is 1.79 bits per heavy atom. The number of halogens is 1. The van der Waals surface area contributed by atoms with Gasteiger partial charge in [0.1, 0.15) is 0 Å². The molecule has 152 valence electrons. The Bertz CT molecular complexity index is 942. The van der Waals surface area contributed by atoms with Gasteiger partial charge in [0.15, 0.2) is 0 Å². The summed E-state index contributed by atoms with van der Waals surface area (Å²) in [6.07, 6.45) is 4.08. The minimum atomic E-state index is -0.0683. The summed E-state index contributed by atoms with van der Waals surface area (Å²) in [5.74, 6) is 0. The highest BCUT2D eigenvalue weighted by atomic mass is 35.5.